The van der Waals surface area contributed by atoms with Crippen LogP contribution in [0.25, 0.3) is 0 Å². The van der Waals surface area contributed by atoms with Gasteiger partial charge in [0.25, 0.3) is 0 Å². The van der Waals surface area contributed by atoms with E-state index in [0.717, 1.165) is 17.7 Å². The summed E-state index contributed by atoms with van der Waals surface area (Å²) in [5.74, 6) is 1.17. The van der Waals surface area contributed by atoms with Gasteiger partial charge in [0.15, 0.2) is 5.96 Å². The average molecular weight is 500 g/mol. The second-order valence-corrected chi connectivity index (χ2v) is 7.02. The Labute approximate surface area is 173 Å². The van der Waals surface area contributed by atoms with Crippen molar-refractivity contribution in [3.63, 3.8) is 0 Å². The molecule has 0 saturated carbocycles. The molecule has 0 radical (unpaired) electrons. The molecule has 0 fully saturated rings. The summed E-state index contributed by atoms with van der Waals surface area (Å²) in [6, 6.07) is 7.60. The molecule has 10 heteroatoms. The molecular weight excluding hydrogens is 471 g/mol. The fraction of sp³-hybridized carbons (Fsp3) is 0.562. The number of hydrogen-bond acceptors (Lipinski definition) is 5. The molecule has 0 amide bonds. The predicted octanol–water partition coefficient (Wildman–Crippen LogP) is 1.06. The summed E-state index contributed by atoms with van der Waals surface area (Å²) in [4.78, 5) is 4.46. The lowest BCUT2D eigenvalue weighted by molar-refractivity contribution is 0.145. The van der Waals surface area contributed by atoms with Gasteiger partial charge in [0, 0.05) is 26.3 Å². The quantitative estimate of drug-likeness (QED) is 0.181. The third kappa shape index (κ3) is 12.3. The first-order valence-corrected chi connectivity index (χ1v) is 9.89. The van der Waals surface area contributed by atoms with E-state index in [2.05, 4.69) is 15.6 Å². The van der Waals surface area contributed by atoms with Crippen molar-refractivity contribution in [1.29, 1.82) is 0 Å². The van der Waals surface area contributed by atoms with Crippen LogP contribution in [0.2, 0.25) is 0 Å². The highest BCUT2D eigenvalue weighted by atomic mass is 127. The number of aliphatic imine (C=N–C) groups is 1. The molecule has 1 aromatic carbocycles. The standard InChI is InChI=1S/C16H28N4O4S.HI/c1-3-24-11-4-9-18-16(19-10-12-25(17,21)22)20-13-14-5-7-15(23-2)8-6-14;/h5-8H,3-4,9-13H2,1-2H3,(H2,17,21,22)(H2,18,19,20);1H. The van der Waals surface area contributed by atoms with Crippen molar-refractivity contribution in [2.75, 3.05) is 39.2 Å². The Morgan fingerprint density at radius 1 is 1.19 bits per heavy atom. The first kappa shape index (κ1) is 24.9. The summed E-state index contributed by atoms with van der Waals surface area (Å²) in [6.45, 7) is 4.62. The first-order valence-electron chi connectivity index (χ1n) is 8.18. The van der Waals surface area contributed by atoms with Crippen molar-refractivity contribution in [3.05, 3.63) is 29.8 Å². The number of ether oxygens (including phenoxy) is 2. The SMILES string of the molecule is CCOCCCNC(=NCc1ccc(OC)cc1)NCCS(N)(=O)=O.I. The molecule has 0 aliphatic heterocycles. The normalized spacial score (nSPS) is 11.6. The molecule has 0 aromatic heterocycles. The van der Waals surface area contributed by atoms with Crippen molar-refractivity contribution in [3.8, 4) is 5.75 Å². The van der Waals surface area contributed by atoms with Crippen molar-refractivity contribution in [2.24, 2.45) is 10.1 Å². The summed E-state index contributed by atoms with van der Waals surface area (Å²) in [5.41, 5.74) is 1.02. The minimum atomic E-state index is -3.51. The van der Waals surface area contributed by atoms with Crippen molar-refractivity contribution >= 4 is 40.0 Å². The highest BCUT2D eigenvalue weighted by Crippen LogP contribution is 2.11. The number of methoxy groups -OCH3 is 1. The minimum absolute atomic E-state index is 0. The lowest BCUT2D eigenvalue weighted by Crippen LogP contribution is -2.41. The molecule has 0 unspecified atom stereocenters. The van der Waals surface area contributed by atoms with E-state index in [-0.39, 0.29) is 36.3 Å². The molecule has 0 spiro atoms. The number of rotatable bonds is 11. The van der Waals surface area contributed by atoms with E-state index in [1.807, 2.05) is 31.2 Å². The lowest BCUT2D eigenvalue weighted by Gasteiger charge is -2.12. The Morgan fingerprint density at radius 2 is 1.85 bits per heavy atom. The topological polar surface area (TPSA) is 115 Å². The van der Waals surface area contributed by atoms with Crippen LogP contribution >= 0.6 is 24.0 Å². The number of nitrogens with two attached hydrogens (primary N) is 1. The maximum absolute atomic E-state index is 11.0. The Bertz CT molecular complexity index is 624. The largest absolute Gasteiger partial charge is 0.497 e. The fourth-order valence-corrected chi connectivity index (χ4v) is 2.30. The number of guanidine groups is 1. The summed E-state index contributed by atoms with van der Waals surface area (Å²) in [7, 11) is -1.89. The molecular formula is C16H29IN4O4S. The van der Waals surface area contributed by atoms with Crippen LogP contribution in [0, 0.1) is 0 Å². The van der Waals surface area contributed by atoms with Gasteiger partial charge in [-0.25, -0.2) is 18.5 Å². The number of primary sulfonamides is 1. The van der Waals surface area contributed by atoms with Gasteiger partial charge >= 0.3 is 0 Å². The summed E-state index contributed by atoms with van der Waals surface area (Å²) < 4.78 is 32.5. The molecule has 1 rings (SSSR count). The Morgan fingerprint density at radius 3 is 2.42 bits per heavy atom. The van der Waals surface area contributed by atoms with Crippen LogP contribution in [0.4, 0.5) is 0 Å². The zero-order chi connectivity index (χ0) is 18.5. The van der Waals surface area contributed by atoms with Gasteiger partial charge in [-0.2, -0.15) is 0 Å². The number of halogens is 1. The summed E-state index contributed by atoms with van der Waals surface area (Å²) in [6.07, 6.45) is 0.826. The second-order valence-electron chi connectivity index (χ2n) is 5.28. The van der Waals surface area contributed by atoms with E-state index < -0.39 is 10.0 Å². The number of benzene rings is 1. The van der Waals surface area contributed by atoms with Crippen LogP contribution < -0.4 is 20.5 Å². The van der Waals surface area contributed by atoms with E-state index >= 15 is 0 Å². The highest BCUT2D eigenvalue weighted by Gasteiger charge is 2.04. The van der Waals surface area contributed by atoms with Crippen molar-refractivity contribution in [1.82, 2.24) is 10.6 Å². The van der Waals surface area contributed by atoms with E-state index in [0.29, 0.717) is 32.3 Å². The third-order valence-electron chi connectivity index (χ3n) is 3.22. The average Bonchev–Trinajstić information content (AvgIpc) is 2.58. The van der Waals surface area contributed by atoms with Crippen LogP contribution in [0.5, 0.6) is 5.75 Å². The van der Waals surface area contributed by atoms with Gasteiger partial charge < -0.3 is 20.1 Å². The molecule has 150 valence electrons. The number of nitrogens with zero attached hydrogens (tertiary/aromatic N) is 1. The molecule has 26 heavy (non-hydrogen) atoms. The zero-order valence-corrected chi connectivity index (χ0v) is 18.4. The van der Waals surface area contributed by atoms with E-state index in [9.17, 15) is 8.42 Å². The third-order valence-corrected chi connectivity index (χ3v) is 3.99. The fourth-order valence-electron chi connectivity index (χ4n) is 1.91. The Hall–Kier alpha value is -1.11. The first-order chi connectivity index (χ1) is 11.9. The van der Waals surface area contributed by atoms with Crippen LogP contribution in [0.1, 0.15) is 18.9 Å². The number of hydrogen-bond donors (Lipinski definition) is 3. The molecule has 4 N–H and O–H groups in total. The van der Waals surface area contributed by atoms with Crippen LogP contribution in [0.15, 0.2) is 29.3 Å². The van der Waals surface area contributed by atoms with Crippen molar-refractivity contribution in [2.45, 2.75) is 19.9 Å². The van der Waals surface area contributed by atoms with Gasteiger partial charge in [0.2, 0.25) is 10.0 Å². The summed E-state index contributed by atoms with van der Waals surface area (Å²) >= 11 is 0. The molecule has 8 nitrogen and oxygen atoms in total. The van der Waals surface area contributed by atoms with E-state index in [4.69, 9.17) is 14.6 Å². The Balaban J connectivity index is 0.00000625. The predicted molar refractivity (Wildman–Crippen MR) is 115 cm³/mol. The van der Waals surface area contributed by atoms with Gasteiger partial charge in [-0.1, -0.05) is 12.1 Å². The molecule has 0 saturated heterocycles. The molecule has 0 atom stereocenters. The molecule has 0 aliphatic rings. The van der Waals surface area contributed by atoms with Gasteiger partial charge in [-0.3, -0.25) is 0 Å². The zero-order valence-electron chi connectivity index (χ0n) is 15.2. The molecule has 1 aromatic rings. The summed E-state index contributed by atoms with van der Waals surface area (Å²) in [5, 5.41) is 11.1. The maximum atomic E-state index is 11.0. The minimum Gasteiger partial charge on any atom is -0.497 e. The van der Waals surface area contributed by atoms with Crippen molar-refractivity contribution < 1.29 is 17.9 Å². The lowest BCUT2D eigenvalue weighted by atomic mass is 10.2. The molecule has 0 bridgehead atoms. The Kier molecular flexibility index (Phi) is 13.4. The van der Waals surface area contributed by atoms with Crippen LogP contribution in [0.3, 0.4) is 0 Å². The number of nitrogens with one attached hydrogen (secondary N) is 2. The molecule has 0 aliphatic carbocycles. The molecule has 0 heterocycles. The highest BCUT2D eigenvalue weighted by molar-refractivity contribution is 14.0. The van der Waals surface area contributed by atoms with Gasteiger partial charge in [-0.05, 0) is 31.0 Å². The van der Waals surface area contributed by atoms with Gasteiger partial charge in [-0.15, -0.1) is 24.0 Å². The van der Waals surface area contributed by atoms with E-state index in [1.54, 1.807) is 7.11 Å². The van der Waals surface area contributed by atoms with Gasteiger partial charge in [0.1, 0.15) is 5.75 Å². The van der Waals surface area contributed by atoms with Crippen LogP contribution in [-0.4, -0.2) is 53.5 Å². The van der Waals surface area contributed by atoms with E-state index in [1.165, 1.54) is 0 Å². The monoisotopic (exact) mass is 500 g/mol. The second kappa shape index (κ2) is 14.0. The maximum Gasteiger partial charge on any atom is 0.210 e. The number of sulfonamides is 1. The smallest absolute Gasteiger partial charge is 0.210 e. The van der Waals surface area contributed by atoms with Gasteiger partial charge in [0.05, 0.1) is 19.4 Å². The van der Waals surface area contributed by atoms with Crippen LogP contribution in [-0.2, 0) is 21.3 Å².